The number of ether oxygens (including phenoxy) is 2. The summed E-state index contributed by atoms with van der Waals surface area (Å²) in [4.78, 5) is 25.2. The van der Waals surface area contributed by atoms with Crippen LogP contribution in [0.1, 0.15) is 25.7 Å². The SMILES string of the molecule is COC(=O)C1CCN(C(=O)[C@H]2CCCO2)CC1. The van der Waals surface area contributed by atoms with E-state index in [0.717, 1.165) is 12.8 Å². The van der Waals surface area contributed by atoms with Crippen molar-refractivity contribution in [2.45, 2.75) is 31.8 Å². The van der Waals surface area contributed by atoms with E-state index in [1.807, 2.05) is 4.90 Å². The van der Waals surface area contributed by atoms with Crippen LogP contribution >= 0.6 is 0 Å². The van der Waals surface area contributed by atoms with Gasteiger partial charge < -0.3 is 14.4 Å². The molecule has 1 amide bonds. The van der Waals surface area contributed by atoms with E-state index < -0.39 is 0 Å². The molecule has 2 rings (SSSR count). The van der Waals surface area contributed by atoms with Crippen LogP contribution in [0.4, 0.5) is 0 Å². The van der Waals surface area contributed by atoms with Gasteiger partial charge in [0.2, 0.25) is 0 Å². The Kier molecular flexibility index (Phi) is 3.99. The summed E-state index contributed by atoms with van der Waals surface area (Å²) in [7, 11) is 1.41. The van der Waals surface area contributed by atoms with Gasteiger partial charge in [-0.3, -0.25) is 9.59 Å². The molecule has 2 aliphatic heterocycles. The number of nitrogens with zero attached hydrogens (tertiary/aromatic N) is 1. The van der Waals surface area contributed by atoms with Gasteiger partial charge in [-0.05, 0) is 25.7 Å². The van der Waals surface area contributed by atoms with Gasteiger partial charge >= 0.3 is 5.97 Å². The molecule has 0 bridgehead atoms. The van der Waals surface area contributed by atoms with Crippen molar-refractivity contribution in [2.75, 3.05) is 26.8 Å². The Morgan fingerprint density at radius 2 is 1.94 bits per heavy atom. The molecule has 5 heteroatoms. The average Bonchev–Trinajstić information content (AvgIpc) is 2.91. The molecular weight excluding hydrogens is 222 g/mol. The molecule has 0 saturated carbocycles. The Balaban J connectivity index is 1.82. The van der Waals surface area contributed by atoms with Crippen molar-refractivity contribution >= 4 is 11.9 Å². The Morgan fingerprint density at radius 1 is 1.24 bits per heavy atom. The molecule has 0 radical (unpaired) electrons. The number of hydrogen-bond acceptors (Lipinski definition) is 4. The zero-order valence-corrected chi connectivity index (χ0v) is 10.2. The fraction of sp³-hybridized carbons (Fsp3) is 0.833. The number of hydrogen-bond donors (Lipinski definition) is 0. The highest BCUT2D eigenvalue weighted by Gasteiger charge is 2.32. The van der Waals surface area contributed by atoms with Crippen LogP contribution in [0.3, 0.4) is 0 Å². The fourth-order valence-electron chi connectivity index (χ4n) is 2.48. The third kappa shape index (κ3) is 2.77. The first-order valence-electron chi connectivity index (χ1n) is 6.20. The van der Waals surface area contributed by atoms with Gasteiger partial charge in [-0.15, -0.1) is 0 Å². The lowest BCUT2D eigenvalue weighted by molar-refractivity contribution is -0.151. The highest BCUT2D eigenvalue weighted by atomic mass is 16.5. The molecule has 17 heavy (non-hydrogen) atoms. The second-order valence-corrected chi connectivity index (χ2v) is 4.62. The Bertz CT molecular complexity index is 291. The van der Waals surface area contributed by atoms with Gasteiger partial charge in [-0.2, -0.15) is 0 Å². The standard InChI is InChI=1S/C12H19NO4/c1-16-12(15)9-4-6-13(7-5-9)11(14)10-3-2-8-17-10/h9-10H,2-8H2,1H3/t10-/m1/s1. The third-order valence-corrected chi connectivity index (χ3v) is 3.55. The molecule has 0 aromatic heterocycles. The lowest BCUT2D eigenvalue weighted by Crippen LogP contribution is -2.44. The molecule has 2 saturated heterocycles. The van der Waals surface area contributed by atoms with Gasteiger partial charge in [0.1, 0.15) is 6.10 Å². The minimum Gasteiger partial charge on any atom is -0.469 e. The lowest BCUT2D eigenvalue weighted by Gasteiger charge is -2.32. The molecule has 2 heterocycles. The van der Waals surface area contributed by atoms with Crippen LogP contribution in [0, 0.1) is 5.92 Å². The van der Waals surface area contributed by atoms with Gasteiger partial charge in [-0.25, -0.2) is 0 Å². The second-order valence-electron chi connectivity index (χ2n) is 4.62. The molecule has 2 aliphatic rings. The van der Waals surface area contributed by atoms with Crippen molar-refractivity contribution in [3.63, 3.8) is 0 Å². The normalized spacial score (nSPS) is 25.9. The summed E-state index contributed by atoms with van der Waals surface area (Å²) >= 11 is 0. The molecule has 96 valence electrons. The molecule has 0 N–H and O–H groups in total. The van der Waals surface area contributed by atoms with Crippen molar-refractivity contribution in [1.82, 2.24) is 4.90 Å². The largest absolute Gasteiger partial charge is 0.469 e. The van der Waals surface area contributed by atoms with Crippen molar-refractivity contribution < 1.29 is 19.1 Å². The van der Waals surface area contributed by atoms with Crippen LogP contribution < -0.4 is 0 Å². The zero-order valence-electron chi connectivity index (χ0n) is 10.2. The van der Waals surface area contributed by atoms with Gasteiger partial charge in [-0.1, -0.05) is 0 Å². The molecule has 1 atom stereocenters. The maximum Gasteiger partial charge on any atom is 0.308 e. The van der Waals surface area contributed by atoms with Crippen molar-refractivity contribution in [3.8, 4) is 0 Å². The molecule has 2 fully saturated rings. The maximum atomic E-state index is 12.0. The second kappa shape index (κ2) is 5.49. The molecule has 0 aromatic carbocycles. The van der Waals surface area contributed by atoms with E-state index in [2.05, 4.69) is 0 Å². The number of rotatable bonds is 2. The van der Waals surface area contributed by atoms with E-state index in [-0.39, 0.29) is 23.9 Å². The number of amides is 1. The first kappa shape index (κ1) is 12.4. The number of methoxy groups -OCH3 is 1. The first-order chi connectivity index (χ1) is 8.22. The van der Waals surface area contributed by atoms with E-state index in [1.54, 1.807) is 0 Å². The fourth-order valence-corrected chi connectivity index (χ4v) is 2.48. The number of carbonyl (C=O) groups excluding carboxylic acids is 2. The minimum atomic E-state index is -0.246. The number of piperidine rings is 1. The predicted octanol–water partition coefficient (Wildman–Crippen LogP) is 0.577. The number of likely N-dealkylation sites (tertiary alicyclic amines) is 1. The molecule has 5 nitrogen and oxygen atoms in total. The van der Waals surface area contributed by atoms with Crippen LogP contribution in [-0.2, 0) is 19.1 Å². The van der Waals surface area contributed by atoms with Crippen LogP contribution in [0.15, 0.2) is 0 Å². The summed E-state index contributed by atoms with van der Waals surface area (Å²) < 4.78 is 10.1. The van der Waals surface area contributed by atoms with Gasteiger partial charge in [0, 0.05) is 19.7 Å². The molecule has 0 aliphatic carbocycles. The van der Waals surface area contributed by atoms with Gasteiger partial charge in [0.25, 0.3) is 5.91 Å². The average molecular weight is 241 g/mol. The zero-order chi connectivity index (χ0) is 12.3. The van der Waals surface area contributed by atoms with E-state index in [0.29, 0.717) is 32.5 Å². The van der Waals surface area contributed by atoms with E-state index in [9.17, 15) is 9.59 Å². The summed E-state index contributed by atoms with van der Waals surface area (Å²) in [6, 6.07) is 0. The quantitative estimate of drug-likeness (QED) is 0.663. The van der Waals surface area contributed by atoms with Crippen molar-refractivity contribution in [3.05, 3.63) is 0 Å². The third-order valence-electron chi connectivity index (χ3n) is 3.55. The van der Waals surface area contributed by atoms with Gasteiger partial charge in [0.15, 0.2) is 0 Å². The summed E-state index contributed by atoms with van der Waals surface area (Å²) in [5.41, 5.74) is 0. The summed E-state index contributed by atoms with van der Waals surface area (Å²) in [5.74, 6) is -0.117. The van der Waals surface area contributed by atoms with Crippen molar-refractivity contribution in [2.24, 2.45) is 5.92 Å². The molecular formula is C12H19NO4. The summed E-state index contributed by atoms with van der Waals surface area (Å²) in [6.45, 7) is 1.96. The molecule has 0 aromatic rings. The first-order valence-corrected chi connectivity index (χ1v) is 6.20. The monoisotopic (exact) mass is 241 g/mol. The highest BCUT2D eigenvalue weighted by molar-refractivity contribution is 5.81. The Hall–Kier alpha value is -1.10. The Morgan fingerprint density at radius 3 is 2.47 bits per heavy atom. The summed E-state index contributed by atoms with van der Waals surface area (Å²) in [5, 5.41) is 0. The highest BCUT2D eigenvalue weighted by Crippen LogP contribution is 2.21. The van der Waals surface area contributed by atoms with E-state index in [1.165, 1.54) is 7.11 Å². The summed E-state index contributed by atoms with van der Waals surface area (Å²) in [6.07, 6.45) is 2.95. The van der Waals surface area contributed by atoms with Crippen LogP contribution in [0.5, 0.6) is 0 Å². The predicted molar refractivity (Wildman–Crippen MR) is 60.3 cm³/mol. The number of esters is 1. The number of carbonyl (C=O) groups is 2. The molecule has 0 spiro atoms. The Labute approximate surface area is 101 Å². The van der Waals surface area contributed by atoms with Gasteiger partial charge in [0.05, 0.1) is 13.0 Å². The maximum absolute atomic E-state index is 12.0. The smallest absolute Gasteiger partial charge is 0.308 e. The van der Waals surface area contributed by atoms with Crippen molar-refractivity contribution in [1.29, 1.82) is 0 Å². The van der Waals surface area contributed by atoms with Crippen LogP contribution in [0.2, 0.25) is 0 Å². The van der Waals surface area contributed by atoms with E-state index in [4.69, 9.17) is 9.47 Å². The minimum absolute atomic E-state index is 0.0476. The van der Waals surface area contributed by atoms with Crippen LogP contribution in [-0.4, -0.2) is 49.7 Å². The van der Waals surface area contributed by atoms with E-state index >= 15 is 0 Å². The van der Waals surface area contributed by atoms with Crippen LogP contribution in [0.25, 0.3) is 0 Å². The lowest BCUT2D eigenvalue weighted by atomic mass is 9.96. The topological polar surface area (TPSA) is 55.8 Å². The molecule has 0 unspecified atom stereocenters.